The number of halogens is 1. The first-order chi connectivity index (χ1) is 17.6. The number of hydrogen-bond acceptors (Lipinski definition) is 5. The lowest BCUT2D eigenvalue weighted by Gasteiger charge is -2.09. The van der Waals surface area contributed by atoms with Crippen LogP contribution in [0.25, 0.3) is 28.2 Å². The second-order valence-electron chi connectivity index (χ2n) is 8.69. The third-order valence-electron chi connectivity index (χ3n) is 6.25. The molecule has 2 aromatic carbocycles. The molecule has 3 heterocycles. The number of rotatable bonds is 8. The van der Waals surface area contributed by atoms with E-state index in [9.17, 15) is 4.79 Å². The number of tetrazole rings is 1. The van der Waals surface area contributed by atoms with Crippen LogP contribution >= 0.6 is 11.6 Å². The molecule has 9 heteroatoms. The highest BCUT2D eigenvalue weighted by molar-refractivity contribution is 6.32. The van der Waals surface area contributed by atoms with E-state index in [2.05, 4.69) is 27.5 Å². The molecule has 0 aliphatic heterocycles. The molecule has 0 radical (unpaired) electrons. The monoisotopic (exact) mass is 499 g/mol. The van der Waals surface area contributed by atoms with Gasteiger partial charge in [-0.2, -0.15) is 5.21 Å². The SMILES string of the molecule is CCCCc1cn(-c2c(C)cccc2Cl)c(=O)n1Cc1ccc(-c2ccccc2-c2nn[nH]n2)cn1. The number of H-pyrrole nitrogens is 1. The van der Waals surface area contributed by atoms with Crippen molar-refractivity contribution in [2.45, 2.75) is 39.7 Å². The number of pyridine rings is 1. The normalized spacial score (nSPS) is 11.2. The van der Waals surface area contributed by atoms with E-state index in [0.717, 1.165) is 58.6 Å². The Morgan fingerprint density at radius 1 is 1.03 bits per heavy atom. The standard InChI is InChI=1S/C27H26ClN7O/c1-3-4-9-21-17-35(25-18(2)8-7-12-24(25)28)27(36)34(21)16-20-14-13-19(15-29-20)22-10-5-6-11-23(22)26-30-32-33-31-26/h5-8,10-15,17H,3-4,9,16H2,1-2H3,(H,30,31,32,33). The number of nitrogens with zero attached hydrogens (tertiary/aromatic N) is 6. The van der Waals surface area contributed by atoms with Crippen LogP contribution < -0.4 is 5.69 Å². The van der Waals surface area contributed by atoms with Gasteiger partial charge in [0.1, 0.15) is 0 Å². The Morgan fingerprint density at radius 3 is 2.56 bits per heavy atom. The van der Waals surface area contributed by atoms with Gasteiger partial charge in [-0.05, 0) is 48.2 Å². The van der Waals surface area contributed by atoms with Gasteiger partial charge in [0.15, 0.2) is 0 Å². The minimum absolute atomic E-state index is 0.120. The van der Waals surface area contributed by atoms with E-state index < -0.39 is 0 Å². The summed E-state index contributed by atoms with van der Waals surface area (Å²) in [5.41, 5.74) is 6.07. The number of hydrogen-bond donors (Lipinski definition) is 1. The number of aryl methyl sites for hydroxylation is 2. The average molecular weight is 500 g/mol. The Kier molecular flexibility index (Phi) is 6.77. The summed E-state index contributed by atoms with van der Waals surface area (Å²) < 4.78 is 3.46. The van der Waals surface area contributed by atoms with Gasteiger partial charge in [-0.1, -0.05) is 67.4 Å². The van der Waals surface area contributed by atoms with Gasteiger partial charge in [0, 0.05) is 29.2 Å². The lowest BCUT2D eigenvalue weighted by atomic mass is 10.0. The van der Waals surface area contributed by atoms with Crippen molar-refractivity contribution in [3.8, 4) is 28.2 Å². The zero-order chi connectivity index (χ0) is 25.1. The zero-order valence-corrected chi connectivity index (χ0v) is 20.9. The van der Waals surface area contributed by atoms with E-state index in [-0.39, 0.29) is 5.69 Å². The predicted molar refractivity (Wildman–Crippen MR) is 140 cm³/mol. The summed E-state index contributed by atoms with van der Waals surface area (Å²) in [6, 6.07) is 17.5. The second kappa shape index (κ2) is 10.3. The number of unbranched alkanes of at least 4 members (excludes halogenated alkanes) is 1. The molecule has 0 aliphatic carbocycles. The van der Waals surface area contributed by atoms with Gasteiger partial charge in [0.2, 0.25) is 5.82 Å². The van der Waals surface area contributed by atoms with Crippen LogP contribution in [0.4, 0.5) is 0 Å². The zero-order valence-electron chi connectivity index (χ0n) is 20.1. The number of aromatic nitrogens is 7. The van der Waals surface area contributed by atoms with Crippen molar-refractivity contribution in [2.24, 2.45) is 0 Å². The number of benzene rings is 2. The maximum Gasteiger partial charge on any atom is 0.333 e. The predicted octanol–water partition coefficient (Wildman–Crippen LogP) is 5.23. The molecule has 3 aromatic heterocycles. The third-order valence-corrected chi connectivity index (χ3v) is 6.55. The summed E-state index contributed by atoms with van der Waals surface area (Å²) in [7, 11) is 0. The molecule has 0 atom stereocenters. The van der Waals surface area contributed by atoms with Crippen molar-refractivity contribution in [1.82, 2.24) is 34.7 Å². The van der Waals surface area contributed by atoms with E-state index in [1.54, 1.807) is 9.13 Å². The molecule has 5 rings (SSSR count). The molecule has 0 spiro atoms. The second-order valence-corrected chi connectivity index (χ2v) is 9.09. The highest BCUT2D eigenvalue weighted by Gasteiger charge is 2.17. The van der Waals surface area contributed by atoms with E-state index in [0.29, 0.717) is 17.4 Å². The fourth-order valence-electron chi connectivity index (χ4n) is 4.39. The van der Waals surface area contributed by atoms with Gasteiger partial charge >= 0.3 is 5.69 Å². The molecule has 0 aliphatic rings. The molecule has 0 saturated heterocycles. The Morgan fingerprint density at radius 2 is 1.86 bits per heavy atom. The molecule has 1 N–H and O–H groups in total. The van der Waals surface area contributed by atoms with E-state index in [1.165, 1.54) is 0 Å². The smallest absolute Gasteiger partial charge is 0.290 e. The quantitative estimate of drug-likeness (QED) is 0.315. The summed E-state index contributed by atoms with van der Waals surface area (Å²) in [4.78, 5) is 18.2. The number of imidazole rings is 1. The fourth-order valence-corrected chi connectivity index (χ4v) is 4.70. The Hall–Kier alpha value is -4.04. The Labute approximate surface area is 213 Å². The molecule has 182 valence electrons. The molecule has 36 heavy (non-hydrogen) atoms. The summed E-state index contributed by atoms with van der Waals surface area (Å²) in [5, 5.41) is 15.0. The third kappa shape index (κ3) is 4.59. The van der Waals surface area contributed by atoms with Gasteiger partial charge in [-0.15, -0.1) is 10.2 Å². The minimum atomic E-state index is -0.120. The van der Waals surface area contributed by atoms with Crippen LogP contribution in [0, 0.1) is 6.92 Å². The lowest BCUT2D eigenvalue weighted by Crippen LogP contribution is -2.25. The summed E-state index contributed by atoms with van der Waals surface area (Å²) in [5.74, 6) is 0.526. The van der Waals surface area contributed by atoms with E-state index in [4.69, 9.17) is 16.6 Å². The summed E-state index contributed by atoms with van der Waals surface area (Å²) in [6.45, 7) is 4.48. The van der Waals surface area contributed by atoms with Gasteiger partial charge in [-0.3, -0.25) is 14.1 Å². The van der Waals surface area contributed by atoms with Crippen LogP contribution in [0.1, 0.15) is 36.7 Å². The molecule has 5 aromatic rings. The van der Waals surface area contributed by atoms with Gasteiger partial charge in [0.05, 0.1) is 22.9 Å². The van der Waals surface area contributed by atoms with Crippen LogP contribution in [-0.4, -0.2) is 34.7 Å². The Balaban J connectivity index is 1.49. The first-order valence-electron chi connectivity index (χ1n) is 11.9. The largest absolute Gasteiger partial charge is 0.333 e. The summed E-state index contributed by atoms with van der Waals surface area (Å²) >= 11 is 6.49. The molecule has 0 saturated carbocycles. The highest BCUT2D eigenvalue weighted by Crippen LogP contribution is 2.29. The molecule has 8 nitrogen and oxygen atoms in total. The van der Waals surface area contributed by atoms with Crippen molar-refractivity contribution >= 4 is 11.6 Å². The number of aromatic amines is 1. The molecule has 0 fully saturated rings. The first-order valence-corrected chi connectivity index (χ1v) is 12.3. The maximum atomic E-state index is 13.5. The number of nitrogens with one attached hydrogen (secondary N) is 1. The van der Waals surface area contributed by atoms with E-state index in [1.807, 2.05) is 73.9 Å². The molecular weight excluding hydrogens is 474 g/mol. The van der Waals surface area contributed by atoms with Crippen LogP contribution in [0.3, 0.4) is 0 Å². The van der Waals surface area contributed by atoms with Crippen LogP contribution in [0.15, 0.2) is 71.8 Å². The molecule has 0 amide bonds. The Bertz CT molecular complexity index is 1520. The van der Waals surface area contributed by atoms with Crippen LogP contribution in [0.2, 0.25) is 5.02 Å². The average Bonchev–Trinajstić information content (AvgIpc) is 3.53. The van der Waals surface area contributed by atoms with Crippen molar-refractivity contribution in [3.05, 3.63) is 99.4 Å². The van der Waals surface area contributed by atoms with Gasteiger partial charge < -0.3 is 0 Å². The topological polar surface area (TPSA) is 94.3 Å². The minimum Gasteiger partial charge on any atom is -0.290 e. The van der Waals surface area contributed by atoms with Crippen molar-refractivity contribution in [1.29, 1.82) is 0 Å². The maximum absolute atomic E-state index is 13.5. The van der Waals surface area contributed by atoms with Crippen LogP contribution in [-0.2, 0) is 13.0 Å². The lowest BCUT2D eigenvalue weighted by molar-refractivity contribution is 0.664. The van der Waals surface area contributed by atoms with Gasteiger partial charge in [-0.25, -0.2) is 4.79 Å². The summed E-state index contributed by atoms with van der Waals surface area (Å²) in [6.07, 6.45) is 6.57. The first kappa shape index (κ1) is 23.7. The molecule has 0 bridgehead atoms. The van der Waals surface area contributed by atoms with Crippen molar-refractivity contribution < 1.29 is 0 Å². The fraction of sp³-hybridized carbons (Fsp3) is 0.222. The highest BCUT2D eigenvalue weighted by atomic mass is 35.5. The van der Waals surface area contributed by atoms with Crippen molar-refractivity contribution in [2.75, 3.05) is 0 Å². The molecule has 0 unspecified atom stereocenters. The van der Waals surface area contributed by atoms with Gasteiger partial charge in [0.25, 0.3) is 0 Å². The van der Waals surface area contributed by atoms with Crippen LogP contribution in [0.5, 0.6) is 0 Å². The number of para-hydroxylation sites is 1. The van der Waals surface area contributed by atoms with E-state index >= 15 is 0 Å². The van der Waals surface area contributed by atoms with Crippen molar-refractivity contribution in [3.63, 3.8) is 0 Å². The molecular formula is C27H26ClN7O.